The first-order chi connectivity index (χ1) is 10.9. The van der Waals surface area contributed by atoms with Crippen LogP contribution in [0.3, 0.4) is 0 Å². The third-order valence-corrected chi connectivity index (χ3v) is 5.01. The lowest BCUT2D eigenvalue weighted by atomic mass is 9.77. The van der Waals surface area contributed by atoms with Crippen LogP contribution in [0.4, 0.5) is 0 Å². The fourth-order valence-corrected chi connectivity index (χ4v) is 3.78. The van der Waals surface area contributed by atoms with Crippen molar-refractivity contribution in [2.75, 3.05) is 26.2 Å². The molecule has 2 saturated heterocycles. The van der Waals surface area contributed by atoms with Gasteiger partial charge >= 0.3 is 0 Å². The highest BCUT2D eigenvalue weighted by Gasteiger charge is 2.45. The van der Waals surface area contributed by atoms with E-state index in [4.69, 9.17) is 0 Å². The molecular weight excluding hydrogens is 292 g/mol. The van der Waals surface area contributed by atoms with Gasteiger partial charge in [-0.05, 0) is 25.7 Å². The average molecular weight is 318 g/mol. The monoisotopic (exact) mass is 318 g/mol. The third-order valence-electron chi connectivity index (χ3n) is 5.01. The van der Waals surface area contributed by atoms with Gasteiger partial charge in [-0.3, -0.25) is 9.59 Å². The Morgan fingerprint density at radius 2 is 2.09 bits per heavy atom. The molecule has 1 aromatic rings. The van der Waals surface area contributed by atoms with Gasteiger partial charge in [-0.1, -0.05) is 13.8 Å². The number of H-pyrrole nitrogens is 1. The van der Waals surface area contributed by atoms with E-state index < -0.39 is 0 Å². The molecule has 3 rings (SSSR count). The van der Waals surface area contributed by atoms with Crippen LogP contribution in [0, 0.1) is 18.3 Å². The van der Waals surface area contributed by atoms with Crippen molar-refractivity contribution in [3.8, 4) is 0 Å². The van der Waals surface area contributed by atoms with E-state index in [9.17, 15) is 9.59 Å². The van der Waals surface area contributed by atoms with E-state index >= 15 is 0 Å². The molecule has 6 nitrogen and oxygen atoms in total. The van der Waals surface area contributed by atoms with Crippen molar-refractivity contribution in [1.82, 2.24) is 19.8 Å². The Bertz CT molecular complexity index is 599. The first kappa shape index (κ1) is 16.0. The predicted octanol–water partition coefficient (Wildman–Crippen LogP) is 1.83. The van der Waals surface area contributed by atoms with E-state index in [1.165, 1.54) is 0 Å². The van der Waals surface area contributed by atoms with Gasteiger partial charge < -0.3 is 14.8 Å². The molecule has 126 valence electrons. The molecule has 0 unspecified atom stereocenters. The van der Waals surface area contributed by atoms with E-state index in [0.717, 1.165) is 31.6 Å². The zero-order valence-electron chi connectivity index (χ0n) is 14.3. The largest absolute Gasteiger partial charge is 0.342 e. The van der Waals surface area contributed by atoms with Crippen LogP contribution in [0.1, 0.15) is 49.4 Å². The van der Waals surface area contributed by atoms with Crippen molar-refractivity contribution in [2.45, 2.75) is 40.0 Å². The lowest BCUT2D eigenvalue weighted by Crippen LogP contribution is -2.44. The maximum absolute atomic E-state index is 12.4. The SMILES string of the molecule is Cc1cnc(C(=O)N2CCC3(CC2)CC(=O)N(CC(C)C)C3)[nH]1. The van der Waals surface area contributed by atoms with Crippen LogP contribution < -0.4 is 0 Å². The number of rotatable bonds is 3. The molecule has 2 fully saturated rings. The van der Waals surface area contributed by atoms with Gasteiger partial charge in [0.25, 0.3) is 5.91 Å². The fourth-order valence-electron chi connectivity index (χ4n) is 3.78. The summed E-state index contributed by atoms with van der Waals surface area (Å²) < 4.78 is 0. The Morgan fingerprint density at radius 3 is 2.65 bits per heavy atom. The van der Waals surface area contributed by atoms with Gasteiger partial charge in [-0.15, -0.1) is 0 Å². The van der Waals surface area contributed by atoms with Crippen LogP contribution >= 0.6 is 0 Å². The van der Waals surface area contributed by atoms with Crippen molar-refractivity contribution in [3.05, 3.63) is 17.7 Å². The third kappa shape index (κ3) is 3.26. The molecule has 2 aliphatic rings. The number of carbonyl (C=O) groups excluding carboxylic acids is 2. The summed E-state index contributed by atoms with van der Waals surface area (Å²) in [6, 6.07) is 0. The van der Waals surface area contributed by atoms with E-state index in [1.54, 1.807) is 6.20 Å². The summed E-state index contributed by atoms with van der Waals surface area (Å²) >= 11 is 0. The number of nitrogens with one attached hydrogen (secondary N) is 1. The maximum Gasteiger partial charge on any atom is 0.289 e. The van der Waals surface area contributed by atoms with Crippen LogP contribution in [0.25, 0.3) is 0 Å². The lowest BCUT2D eigenvalue weighted by molar-refractivity contribution is -0.128. The molecule has 23 heavy (non-hydrogen) atoms. The summed E-state index contributed by atoms with van der Waals surface area (Å²) in [5.41, 5.74) is 0.967. The Balaban J connectivity index is 1.60. The molecule has 2 amide bonds. The molecule has 0 aliphatic carbocycles. The van der Waals surface area contributed by atoms with Gasteiger partial charge in [-0.25, -0.2) is 4.98 Å². The fraction of sp³-hybridized carbons (Fsp3) is 0.706. The molecule has 1 aromatic heterocycles. The van der Waals surface area contributed by atoms with E-state index in [2.05, 4.69) is 23.8 Å². The Kier molecular flexibility index (Phi) is 4.17. The molecular formula is C17H26N4O2. The van der Waals surface area contributed by atoms with Crippen LogP contribution in [-0.4, -0.2) is 57.8 Å². The Morgan fingerprint density at radius 1 is 1.39 bits per heavy atom. The normalized spacial score (nSPS) is 20.8. The quantitative estimate of drug-likeness (QED) is 0.924. The topological polar surface area (TPSA) is 69.3 Å². The van der Waals surface area contributed by atoms with Gasteiger partial charge in [0.05, 0.1) is 0 Å². The minimum Gasteiger partial charge on any atom is -0.342 e. The summed E-state index contributed by atoms with van der Waals surface area (Å²) in [6.07, 6.45) is 4.12. The zero-order chi connectivity index (χ0) is 16.6. The molecule has 6 heteroatoms. The zero-order valence-corrected chi connectivity index (χ0v) is 14.3. The molecule has 0 aromatic carbocycles. The molecule has 2 aliphatic heterocycles. The van der Waals surface area contributed by atoms with E-state index in [0.29, 0.717) is 31.3 Å². The van der Waals surface area contributed by atoms with Gasteiger partial charge in [0.2, 0.25) is 5.91 Å². The van der Waals surface area contributed by atoms with Crippen molar-refractivity contribution >= 4 is 11.8 Å². The second-order valence-corrected chi connectivity index (χ2v) is 7.55. The highest BCUT2D eigenvalue weighted by molar-refractivity contribution is 5.90. The maximum atomic E-state index is 12.4. The number of nitrogens with zero attached hydrogens (tertiary/aromatic N) is 3. The van der Waals surface area contributed by atoms with Gasteiger partial charge in [-0.2, -0.15) is 0 Å². The summed E-state index contributed by atoms with van der Waals surface area (Å²) in [6.45, 7) is 9.29. The predicted molar refractivity (Wildman–Crippen MR) is 86.9 cm³/mol. The average Bonchev–Trinajstić information content (AvgIpc) is 3.04. The first-order valence-corrected chi connectivity index (χ1v) is 8.47. The molecule has 0 atom stereocenters. The highest BCUT2D eigenvalue weighted by atomic mass is 16.2. The number of carbonyl (C=O) groups is 2. The minimum absolute atomic E-state index is 0.0312. The van der Waals surface area contributed by atoms with Crippen molar-refractivity contribution < 1.29 is 9.59 Å². The van der Waals surface area contributed by atoms with E-state index in [1.807, 2.05) is 16.7 Å². The number of aryl methyl sites for hydroxylation is 1. The van der Waals surface area contributed by atoms with Gasteiger partial charge in [0.1, 0.15) is 0 Å². The highest BCUT2D eigenvalue weighted by Crippen LogP contribution is 2.41. The smallest absolute Gasteiger partial charge is 0.289 e. The second kappa shape index (κ2) is 5.98. The first-order valence-electron chi connectivity index (χ1n) is 8.47. The number of aromatic amines is 1. The van der Waals surface area contributed by atoms with Crippen LogP contribution in [-0.2, 0) is 4.79 Å². The lowest BCUT2D eigenvalue weighted by Gasteiger charge is -2.38. The van der Waals surface area contributed by atoms with Crippen LogP contribution in [0.2, 0.25) is 0 Å². The molecule has 0 bridgehead atoms. The molecule has 3 heterocycles. The number of amides is 2. The molecule has 1 N–H and O–H groups in total. The molecule has 1 spiro atoms. The number of likely N-dealkylation sites (tertiary alicyclic amines) is 2. The summed E-state index contributed by atoms with van der Waals surface area (Å²) in [4.78, 5) is 35.7. The number of aromatic nitrogens is 2. The number of hydrogen-bond donors (Lipinski definition) is 1. The summed E-state index contributed by atoms with van der Waals surface area (Å²) in [7, 11) is 0. The standard InChI is InChI=1S/C17H26N4O2/c1-12(2)10-21-11-17(8-14(21)22)4-6-20(7-5-17)16(23)15-18-9-13(3)19-15/h9,12H,4-8,10-11H2,1-3H3,(H,18,19). The van der Waals surface area contributed by atoms with Crippen molar-refractivity contribution in [2.24, 2.45) is 11.3 Å². The Hall–Kier alpha value is -1.85. The van der Waals surface area contributed by atoms with Crippen molar-refractivity contribution in [3.63, 3.8) is 0 Å². The second-order valence-electron chi connectivity index (χ2n) is 7.55. The molecule has 0 saturated carbocycles. The van der Waals surface area contributed by atoms with Crippen molar-refractivity contribution in [1.29, 1.82) is 0 Å². The summed E-state index contributed by atoms with van der Waals surface area (Å²) in [5.74, 6) is 1.16. The number of imidazole rings is 1. The summed E-state index contributed by atoms with van der Waals surface area (Å²) in [5, 5.41) is 0. The molecule has 0 radical (unpaired) electrons. The number of piperidine rings is 1. The number of hydrogen-bond acceptors (Lipinski definition) is 3. The van der Waals surface area contributed by atoms with E-state index in [-0.39, 0.29) is 17.2 Å². The van der Waals surface area contributed by atoms with Crippen LogP contribution in [0.5, 0.6) is 0 Å². The minimum atomic E-state index is -0.0312. The van der Waals surface area contributed by atoms with Crippen LogP contribution in [0.15, 0.2) is 6.20 Å². The Labute approximate surface area is 137 Å². The van der Waals surface area contributed by atoms with Gasteiger partial charge in [0, 0.05) is 49.9 Å². The van der Waals surface area contributed by atoms with Gasteiger partial charge in [0.15, 0.2) is 5.82 Å².